The Morgan fingerprint density at radius 2 is 2.19 bits per heavy atom. The fraction of sp³-hybridized carbons (Fsp3) is 0.500. The van der Waals surface area contributed by atoms with E-state index >= 15 is 0 Å². The Bertz CT molecular complexity index is 773. The molecule has 2 N–H and O–H groups in total. The lowest BCUT2D eigenvalue weighted by Gasteiger charge is -2.25. The van der Waals surface area contributed by atoms with Crippen molar-refractivity contribution in [2.45, 2.75) is 38.1 Å². The molecule has 0 amide bonds. The molecule has 1 aromatic heterocycles. The van der Waals surface area contributed by atoms with Gasteiger partial charge >= 0.3 is 0 Å². The number of aryl methyl sites for hydroxylation is 2. The highest BCUT2D eigenvalue weighted by molar-refractivity contribution is 7.84. The third kappa shape index (κ3) is 5.14. The highest BCUT2D eigenvalue weighted by Gasteiger charge is 2.21. The number of nitrogens with zero attached hydrogens (tertiary/aromatic N) is 4. The number of rotatable bonds is 6. The average molecular weight is 375 g/mol. The Hall–Kier alpha value is -2.22. The summed E-state index contributed by atoms with van der Waals surface area (Å²) in [4.78, 5) is 8.71. The van der Waals surface area contributed by atoms with E-state index in [4.69, 9.17) is 0 Å². The number of hydrogen-bond donors (Lipinski definition) is 2. The maximum absolute atomic E-state index is 12.2. The van der Waals surface area contributed by atoms with Gasteiger partial charge in [-0.3, -0.25) is 9.20 Å². The normalized spacial score (nSPS) is 18.2. The van der Waals surface area contributed by atoms with Gasteiger partial charge < -0.3 is 10.6 Å². The van der Waals surface area contributed by atoms with Crippen molar-refractivity contribution in [1.82, 2.24) is 25.4 Å². The lowest BCUT2D eigenvalue weighted by molar-refractivity contribution is 0.392. The highest BCUT2D eigenvalue weighted by Crippen LogP contribution is 2.12. The van der Waals surface area contributed by atoms with Gasteiger partial charge in [0, 0.05) is 48.4 Å². The minimum absolute atomic E-state index is 0.268. The van der Waals surface area contributed by atoms with Crippen LogP contribution in [0, 0.1) is 6.92 Å². The van der Waals surface area contributed by atoms with Crippen molar-refractivity contribution in [3.63, 3.8) is 0 Å². The summed E-state index contributed by atoms with van der Waals surface area (Å²) < 4.78 is 14.2. The van der Waals surface area contributed by atoms with Crippen molar-refractivity contribution in [2.75, 3.05) is 19.3 Å². The van der Waals surface area contributed by atoms with Crippen LogP contribution < -0.4 is 10.6 Å². The maximum atomic E-state index is 12.2. The Labute approximate surface area is 156 Å². The molecule has 8 heteroatoms. The predicted molar refractivity (Wildman–Crippen MR) is 105 cm³/mol. The summed E-state index contributed by atoms with van der Waals surface area (Å²) >= 11 is 0. The molecule has 0 saturated heterocycles. The van der Waals surface area contributed by atoms with E-state index in [-0.39, 0.29) is 6.04 Å². The molecule has 2 aromatic rings. The number of nitrogens with one attached hydrogen (secondary N) is 2. The first-order valence-electron chi connectivity index (χ1n) is 8.90. The van der Waals surface area contributed by atoms with Gasteiger partial charge in [0.1, 0.15) is 11.6 Å². The molecule has 0 radical (unpaired) electrons. The van der Waals surface area contributed by atoms with E-state index in [0.29, 0.717) is 18.1 Å². The van der Waals surface area contributed by atoms with Gasteiger partial charge in [-0.1, -0.05) is 30.3 Å². The number of fused-ring (bicyclic) bond motifs is 1. The van der Waals surface area contributed by atoms with Gasteiger partial charge in [-0.2, -0.15) is 5.10 Å². The van der Waals surface area contributed by atoms with E-state index in [1.54, 1.807) is 7.05 Å². The molecule has 0 bridgehead atoms. The van der Waals surface area contributed by atoms with Crippen molar-refractivity contribution in [3.05, 3.63) is 47.5 Å². The summed E-state index contributed by atoms with van der Waals surface area (Å²) in [6, 6.07) is 10.2. The van der Waals surface area contributed by atoms with Crippen molar-refractivity contribution in [3.8, 4) is 0 Å². The third-order valence-corrected chi connectivity index (χ3v) is 5.64. The zero-order valence-electron chi connectivity index (χ0n) is 15.3. The number of benzene rings is 1. The maximum Gasteiger partial charge on any atom is 0.191 e. The van der Waals surface area contributed by atoms with Gasteiger partial charge in [-0.25, -0.2) is 9.67 Å². The molecular weight excluding hydrogens is 348 g/mol. The van der Waals surface area contributed by atoms with Crippen LogP contribution in [0.2, 0.25) is 0 Å². The molecule has 1 aliphatic rings. The van der Waals surface area contributed by atoms with E-state index in [2.05, 4.69) is 25.7 Å². The number of guanidine groups is 1. The molecule has 0 saturated carbocycles. The van der Waals surface area contributed by atoms with E-state index in [9.17, 15) is 4.21 Å². The first-order chi connectivity index (χ1) is 12.6. The minimum Gasteiger partial charge on any atom is -0.355 e. The molecule has 1 aliphatic heterocycles. The monoisotopic (exact) mass is 374 g/mol. The van der Waals surface area contributed by atoms with Gasteiger partial charge in [0.2, 0.25) is 0 Å². The van der Waals surface area contributed by atoms with E-state index in [1.807, 2.05) is 41.9 Å². The van der Waals surface area contributed by atoms with Gasteiger partial charge in [-0.15, -0.1) is 0 Å². The van der Waals surface area contributed by atoms with Crippen LogP contribution >= 0.6 is 0 Å². The largest absolute Gasteiger partial charge is 0.355 e. The Balaban J connectivity index is 1.42. The summed E-state index contributed by atoms with van der Waals surface area (Å²) in [5.74, 6) is 3.80. The summed E-state index contributed by atoms with van der Waals surface area (Å²) in [5, 5.41) is 11.1. The Kier molecular flexibility index (Phi) is 6.38. The second kappa shape index (κ2) is 8.93. The lowest BCUT2D eigenvalue weighted by atomic mass is 10.1. The molecule has 140 valence electrons. The summed E-state index contributed by atoms with van der Waals surface area (Å²) in [7, 11) is 0.863. The number of aliphatic imine (C=N–C) groups is 1. The van der Waals surface area contributed by atoms with E-state index in [0.717, 1.165) is 42.6 Å². The van der Waals surface area contributed by atoms with Crippen molar-refractivity contribution in [2.24, 2.45) is 4.99 Å². The summed E-state index contributed by atoms with van der Waals surface area (Å²) in [6.45, 7) is 3.33. The predicted octanol–water partition coefficient (Wildman–Crippen LogP) is 1.02. The second-order valence-electron chi connectivity index (χ2n) is 6.41. The van der Waals surface area contributed by atoms with Crippen LogP contribution in [0.15, 0.2) is 35.3 Å². The summed E-state index contributed by atoms with van der Waals surface area (Å²) in [6.07, 6.45) is 1.91. The fourth-order valence-electron chi connectivity index (χ4n) is 3.06. The minimum atomic E-state index is -0.891. The van der Waals surface area contributed by atoms with Gasteiger partial charge in [-0.05, 0) is 18.9 Å². The van der Waals surface area contributed by atoms with Crippen molar-refractivity contribution >= 4 is 16.8 Å². The molecule has 2 atom stereocenters. The smallest absolute Gasteiger partial charge is 0.191 e. The van der Waals surface area contributed by atoms with Gasteiger partial charge in [0.25, 0.3) is 0 Å². The Morgan fingerprint density at radius 3 is 2.96 bits per heavy atom. The number of aromatic nitrogens is 3. The zero-order chi connectivity index (χ0) is 18.4. The molecule has 7 nitrogen and oxygen atoms in total. The molecule has 0 fully saturated rings. The second-order valence-corrected chi connectivity index (χ2v) is 7.99. The highest BCUT2D eigenvalue weighted by atomic mass is 32.2. The average Bonchev–Trinajstić information content (AvgIpc) is 3.01. The molecule has 2 unspecified atom stereocenters. The first kappa shape index (κ1) is 18.6. The SMILES string of the molecule is CN=C(NCCS(=O)Cc1ccccc1)NC1CCc2nc(C)nn2C1. The molecular formula is C18H26N6OS. The molecule has 3 rings (SSSR count). The van der Waals surface area contributed by atoms with Gasteiger partial charge in [0.15, 0.2) is 5.96 Å². The van der Waals surface area contributed by atoms with Crippen LogP contribution in [-0.4, -0.2) is 50.3 Å². The fourth-order valence-corrected chi connectivity index (χ4v) is 4.09. The third-order valence-electron chi connectivity index (χ3n) is 4.32. The van der Waals surface area contributed by atoms with Crippen LogP contribution in [0.3, 0.4) is 0 Å². The molecule has 1 aromatic carbocycles. The van der Waals surface area contributed by atoms with Crippen LogP contribution in [0.4, 0.5) is 0 Å². The first-order valence-corrected chi connectivity index (χ1v) is 10.4. The molecule has 2 heterocycles. The van der Waals surface area contributed by atoms with E-state index in [1.165, 1.54) is 0 Å². The van der Waals surface area contributed by atoms with E-state index < -0.39 is 10.8 Å². The van der Waals surface area contributed by atoms with Gasteiger partial charge in [0.05, 0.1) is 6.54 Å². The molecule has 26 heavy (non-hydrogen) atoms. The van der Waals surface area contributed by atoms with Crippen molar-refractivity contribution in [1.29, 1.82) is 0 Å². The molecule has 0 aliphatic carbocycles. The topological polar surface area (TPSA) is 84.2 Å². The number of hydrogen-bond acceptors (Lipinski definition) is 4. The lowest BCUT2D eigenvalue weighted by Crippen LogP contribution is -2.47. The van der Waals surface area contributed by atoms with Crippen LogP contribution in [-0.2, 0) is 29.5 Å². The zero-order valence-corrected chi connectivity index (χ0v) is 16.1. The Morgan fingerprint density at radius 1 is 1.38 bits per heavy atom. The quantitative estimate of drug-likeness (QED) is 0.582. The molecule has 0 spiro atoms. The van der Waals surface area contributed by atoms with Crippen LogP contribution in [0.1, 0.15) is 23.6 Å². The summed E-state index contributed by atoms with van der Waals surface area (Å²) in [5.41, 5.74) is 1.11. The standard InChI is InChI=1S/C18H26N6OS/c1-14-21-17-9-8-16(12-24(17)23-14)22-18(19-2)20-10-11-26(25)13-15-6-4-3-5-7-15/h3-7,16H,8-13H2,1-2H3,(H2,19,20,22). The van der Waals surface area contributed by atoms with Crippen LogP contribution in [0.5, 0.6) is 0 Å². The van der Waals surface area contributed by atoms with Crippen LogP contribution in [0.25, 0.3) is 0 Å². The van der Waals surface area contributed by atoms with Crippen molar-refractivity contribution < 1.29 is 4.21 Å².